The highest BCUT2D eigenvalue weighted by molar-refractivity contribution is 5.95. The Hall–Kier alpha value is -1.12. The first-order valence-corrected chi connectivity index (χ1v) is 8.65. The quantitative estimate of drug-likeness (QED) is 0.221. The van der Waals surface area contributed by atoms with E-state index in [4.69, 9.17) is 0 Å². The number of hydrogen-bond donors (Lipinski definition) is 0. The minimum absolute atomic E-state index is 0.216. The fourth-order valence-corrected chi connectivity index (χ4v) is 2.65. The molecule has 1 unspecified atom stereocenters. The molecule has 120 valence electrons. The Morgan fingerprint density at radius 3 is 2.05 bits per heavy atom. The molecule has 1 saturated heterocycles. The van der Waals surface area contributed by atoms with Gasteiger partial charge >= 0.3 is 11.9 Å². The highest BCUT2D eigenvalue weighted by atomic mass is 16.6. The van der Waals surface area contributed by atoms with Crippen LogP contribution in [-0.4, -0.2) is 11.9 Å². The lowest BCUT2D eigenvalue weighted by atomic mass is 10.0. The topological polar surface area (TPSA) is 43.4 Å². The lowest BCUT2D eigenvalue weighted by Gasteiger charge is -2.01. The van der Waals surface area contributed by atoms with Gasteiger partial charge in [0.25, 0.3) is 0 Å². The van der Waals surface area contributed by atoms with Crippen LogP contribution in [0.3, 0.4) is 0 Å². The lowest BCUT2D eigenvalue weighted by Crippen LogP contribution is -2.03. The van der Waals surface area contributed by atoms with E-state index in [0.717, 1.165) is 6.42 Å². The molecule has 0 aliphatic carbocycles. The van der Waals surface area contributed by atoms with E-state index in [1.807, 2.05) is 12.2 Å². The Morgan fingerprint density at radius 1 is 0.952 bits per heavy atom. The highest BCUT2D eigenvalue weighted by Gasteiger charge is 2.30. The van der Waals surface area contributed by atoms with E-state index in [9.17, 15) is 9.59 Å². The molecule has 0 saturated carbocycles. The van der Waals surface area contributed by atoms with E-state index in [0.29, 0.717) is 0 Å². The number of unbranched alkanes of at least 4 members (excludes halogenated alkanes) is 10. The first kappa shape index (κ1) is 17.9. The molecule has 0 aromatic rings. The van der Waals surface area contributed by atoms with Gasteiger partial charge in [-0.15, -0.1) is 0 Å². The average molecular weight is 294 g/mol. The number of carbonyl (C=O) groups is 2. The number of ether oxygens (including phenoxy) is 1. The van der Waals surface area contributed by atoms with Crippen molar-refractivity contribution in [3.05, 3.63) is 12.2 Å². The fraction of sp³-hybridized carbons (Fsp3) is 0.778. The molecule has 0 N–H and O–H groups in total. The van der Waals surface area contributed by atoms with Gasteiger partial charge in [-0.25, -0.2) is 0 Å². The van der Waals surface area contributed by atoms with Crippen LogP contribution in [0.15, 0.2) is 12.2 Å². The molecule has 1 aliphatic rings. The molecule has 3 nitrogen and oxygen atoms in total. The average Bonchev–Trinajstić information content (AvgIpc) is 2.78. The Labute approximate surface area is 129 Å². The van der Waals surface area contributed by atoms with Crippen LogP contribution in [0.5, 0.6) is 0 Å². The molecule has 0 aromatic carbocycles. The van der Waals surface area contributed by atoms with Gasteiger partial charge in [-0.3, -0.25) is 9.59 Å². The Morgan fingerprint density at radius 2 is 1.52 bits per heavy atom. The van der Waals surface area contributed by atoms with Crippen molar-refractivity contribution >= 4 is 11.9 Å². The fourth-order valence-electron chi connectivity index (χ4n) is 2.65. The second-order valence-electron chi connectivity index (χ2n) is 6.00. The van der Waals surface area contributed by atoms with E-state index < -0.39 is 5.97 Å². The van der Waals surface area contributed by atoms with Crippen LogP contribution in [0.25, 0.3) is 0 Å². The molecule has 0 spiro atoms. The molecular weight excluding hydrogens is 264 g/mol. The number of carbonyl (C=O) groups excluding carboxylic acids is 2. The third-order valence-electron chi connectivity index (χ3n) is 4.00. The van der Waals surface area contributed by atoms with Crippen LogP contribution in [0.4, 0.5) is 0 Å². The number of allylic oxidation sites excluding steroid dienone is 1. The second-order valence-corrected chi connectivity index (χ2v) is 6.00. The smallest absolute Gasteiger partial charge is 0.321 e. The maximum atomic E-state index is 11.2. The van der Waals surface area contributed by atoms with Gasteiger partial charge in [0.05, 0.1) is 12.3 Å². The Kier molecular flexibility index (Phi) is 9.84. The van der Waals surface area contributed by atoms with Crippen molar-refractivity contribution in [1.29, 1.82) is 0 Å². The van der Waals surface area contributed by atoms with Crippen molar-refractivity contribution in [1.82, 2.24) is 0 Å². The van der Waals surface area contributed by atoms with Gasteiger partial charge in [0.15, 0.2) is 0 Å². The van der Waals surface area contributed by atoms with Gasteiger partial charge in [-0.2, -0.15) is 0 Å². The van der Waals surface area contributed by atoms with E-state index in [2.05, 4.69) is 11.7 Å². The van der Waals surface area contributed by atoms with Crippen molar-refractivity contribution in [2.24, 2.45) is 5.92 Å². The van der Waals surface area contributed by atoms with Gasteiger partial charge < -0.3 is 4.74 Å². The predicted molar refractivity (Wildman–Crippen MR) is 84.8 cm³/mol. The standard InChI is InChI=1S/C18H30O3/c1-2-3-4-5-6-7-8-9-10-11-12-13-14-16-15-17(19)21-18(16)20/h13-14,16H,2-12,15H2,1H3/b14-13-. The van der Waals surface area contributed by atoms with Crippen molar-refractivity contribution in [2.75, 3.05) is 0 Å². The summed E-state index contributed by atoms with van der Waals surface area (Å²) in [5.41, 5.74) is 0. The van der Waals surface area contributed by atoms with Gasteiger partial charge in [-0.05, 0) is 12.8 Å². The summed E-state index contributed by atoms with van der Waals surface area (Å²) in [5.74, 6) is -1.12. The molecule has 0 amide bonds. The normalized spacial score (nSPS) is 18.6. The SMILES string of the molecule is CCCCCCCCCCCC/C=C\C1CC(=O)OC1=O. The number of cyclic esters (lactones) is 2. The van der Waals surface area contributed by atoms with Crippen LogP contribution in [0.2, 0.25) is 0 Å². The summed E-state index contributed by atoms with van der Waals surface area (Å²) in [5, 5.41) is 0. The molecule has 21 heavy (non-hydrogen) atoms. The molecule has 1 rings (SSSR count). The molecule has 1 aliphatic heterocycles. The number of hydrogen-bond acceptors (Lipinski definition) is 3. The molecule has 1 atom stereocenters. The highest BCUT2D eigenvalue weighted by Crippen LogP contribution is 2.18. The minimum atomic E-state index is -0.395. The molecule has 1 heterocycles. The number of esters is 2. The summed E-state index contributed by atoms with van der Waals surface area (Å²) in [4.78, 5) is 22.1. The minimum Gasteiger partial charge on any atom is -0.393 e. The summed E-state index contributed by atoms with van der Waals surface area (Å²) in [6, 6.07) is 0. The van der Waals surface area contributed by atoms with Crippen LogP contribution < -0.4 is 0 Å². The second kappa shape index (κ2) is 11.5. The zero-order valence-corrected chi connectivity index (χ0v) is 13.4. The molecule has 1 fully saturated rings. The van der Waals surface area contributed by atoms with E-state index in [1.165, 1.54) is 64.2 Å². The molecule has 0 radical (unpaired) electrons. The summed E-state index contributed by atoms with van der Waals surface area (Å²) in [7, 11) is 0. The van der Waals surface area contributed by atoms with E-state index in [1.54, 1.807) is 0 Å². The molecule has 0 bridgehead atoms. The van der Waals surface area contributed by atoms with Crippen LogP contribution in [0.1, 0.15) is 84.0 Å². The predicted octanol–water partition coefficient (Wildman–Crippen LogP) is 4.94. The van der Waals surface area contributed by atoms with E-state index >= 15 is 0 Å². The number of rotatable bonds is 12. The molecule has 3 heteroatoms. The van der Waals surface area contributed by atoms with Crippen molar-refractivity contribution in [2.45, 2.75) is 84.0 Å². The molecular formula is C18H30O3. The largest absolute Gasteiger partial charge is 0.393 e. The van der Waals surface area contributed by atoms with Crippen LogP contribution in [0, 0.1) is 5.92 Å². The molecule has 0 aromatic heterocycles. The maximum absolute atomic E-state index is 11.2. The monoisotopic (exact) mass is 294 g/mol. The third-order valence-corrected chi connectivity index (χ3v) is 4.00. The van der Waals surface area contributed by atoms with Crippen molar-refractivity contribution in [3.8, 4) is 0 Å². The Balaban J connectivity index is 1.86. The van der Waals surface area contributed by atoms with Crippen LogP contribution >= 0.6 is 0 Å². The first-order valence-electron chi connectivity index (χ1n) is 8.65. The van der Waals surface area contributed by atoms with Gasteiger partial charge in [0, 0.05) is 0 Å². The van der Waals surface area contributed by atoms with Gasteiger partial charge in [-0.1, -0.05) is 76.9 Å². The summed E-state index contributed by atoms with van der Waals surface area (Å²) in [6.07, 6.45) is 18.4. The third kappa shape index (κ3) is 8.69. The van der Waals surface area contributed by atoms with Crippen molar-refractivity contribution in [3.63, 3.8) is 0 Å². The lowest BCUT2D eigenvalue weighted by molar-refractivity contribution is -0.152. The van der Waals surface area contributed by atoms with Crippen molar-refractivity contribution < 1.29 is 14.3 Å². The van der Waals surface area contributed by atoms with Crippen LogP contribution in [-0.2, 0) is 14.3 Å². The maximum Gasteiger partial charge on any atom is 0.321 e. The summed E-state index contributed by atoms with van der Waals surface area (Å²) in [6.45, 7) is 2.25. The summed E-state index contributed by atoms with van der Waals surface area (Å²) < 4.78 is 4.50. The Bertz CT molecular complexity index is 333. The zero-order valence-electron chi connectivity index (χ0n) is 13.4. The zero-order chi connectivity index (χ0) is 15.3. The van der Waals surface area contributed by atoms with Gasteiger partial charge in [0.1, 0.15) is 0 Å². The van der Waals surface area contributed by atoms with E-state index in [-0.39, 0.29) is 18.3 Å². The summed E-state index contributed by atoms with van der Waals surface area (Å²) >= 11 is 0. The van der Waals surface area contributed by atoms with Gasteiger partial charge in [0.2, 0.25) is 0 Å². The first-order chi connectivity index (χ1) is 10.2.